The van der Waals surface area contributed by atoms with Gasteiger partial charge in [0.05, 0.1) is 19.6 Å². The minimum Gasteiger partial charge on any atom is -0.462 e. The minimum absolute atomic E-state index is 0.0375. The molecule has 0 aromatic heterocycles. The molecule has 5 aliphatic rings. The van der Waals surface area contributed by atoms with Crippen LogP contribution in [0.3, 0.4) is 0 Å². The van der Waals surface area contributed by atoms with Gasteiger partial charge >= 0.3 is 5.97 Å². The van der Waals surface area contributed by atoms with Crippen LogP contribution in [0.25, 0.3) is 0 Å². The molecule has 3 saturated carbocycles. The second-order valence-electron chi connectivity index (χ2n) is 12.7. The zero-order valence-corrected chi connectivity index (χ0v) is 21.8. The van der Waals surface area contributed by atoms with E-state index in [9.17, 15) is 9.59 Å². The molecule has 0 aromatic rings. The van der Waals surface area contributed by atoms with Gasteiger partial charge in [0.25, 0.3) is 0 Å². The summed E-state index contributed by atoms with van der Waals surface area (Å²) in [6.07, 6.45) is 10.8. The average molecular weight is 472 g/mol. The van der Waals surface area contributed by atoms with Crippen molar-refractivity contribution >= 4 is 11.8 Å². The van der Waals surface area contributed by atoms with Crippen molar-refractivity contribution in [2.24, 2.45) is 40.4 Å². The lowest BCUT2D eigenvalue weighted by atomic mass is 9.47. The van der Waals surface area contributed by atoms with Crippen molar-refractivity contribution < 1.29 is 19.1 Å². The van der Waals surface area contributed by atoms with Gasteiger partial charge in [0, 0.05) is 32.0 Å². The molecular formula is C29H45NO4. The number of hydrogen-bond donors (Lipinski definition) is 0. The first-order valence-corrected chi connectivity index (χ1v) is 13.9. The molecule has 190 valence electrons. The molecule has 0 amide bonds. The third-order valence-electron chi connectivity index (χ3n) is 10.9. The number of Topliss-reactive ketones (excluding diaryl/α,β-unsaturated/α-hetero) is 1. The minimum atomic E-state index is -0.0435. The summed E-state index contributed by atoms with van der Waals surface area (Å²) in [6, 6.07) is 0. The van der Waals surface area contributed by atoms with E-state index >= 15 is 0 Å². The van der Waals surface area contributed by atoms with Crippen LogP contribution in [0.4, 0.5) is 0 Å². The molecule has 0 radical (unpaired) electrons. The second kappa shape index (κ2) is 9.35. The highest BCUT2D eigenvalue weighted by atomic mass is 16.5. The molecule has 1 aliphatic heterocycles. The molecule has 5 nitrogen and oxygen atoms in total. The van der Waals surface area contributed by atoms with Gasteiger partial charge in [-0.3, -0.25) is 14.5 Å². The van der Waals surface area contributed by atoms with E-state index in [1.54, 1.807) is 5.57 Å². The van der Waals surface area contributed by atoms with Crippen LogP contribution in [-0.2, 0) is 19.1 Å². The van der Waals surface area contributed by atoms with Gasteiger partial charge in [-0.05, 0) is 80.0 Å². The number of ketones is 1. The molecule has 34 heavy (non-hydrogen) atoms. The van der Waals surface area contributed by atoms with Gasteiger partial charge < -0.3 is 9.47 Å². The number of nitrogens with zero attached hydrogens (tertiary/aromatic N) is 1. The SMILES string of the molecule is CC(=O)[C@@H]1[C@H](C)C[C@H]2[C@H]3CC=C4C[C@H](OC(=O)CCN5CCOCC5)CC[C@]4(C)[C@@H]3CC[C@]12C. The number of morpholine rings is 1. The summed E-state index contributed by atoms with van der Waals surface area (Å²) in [5.41, 5.74) is 1.96. The van der Waals surface area contributed by atoms with Crippen LogP contribution in [0.5, 0.6) is 0 Å². The number of rotatable bonds is 5. The van der Waals surface area contributed by atoms with Gasteiger partial charge in [0.2, 0.25) is 0 Å². The van der Waals surface area contributed by atoms with Crippen molar-refractivity contribution in [3.8, 4) is 0 Å². The average Bonchev–Trinajstić information content (AvgIpc) is 3.08. The van der Waals surface area contributed by atoms with Crippen molar-refractivity contribution in [2.45, 2.75) is 85.2 Å². The van der Waals surface area contributed by atoms with Crippen LogP contribution < -0.4 is 0 Å². The summed E-state index contributed by atoms with van der Waals surface area (Å²) in [6.45, 7) is 13.2. The Morgan fingerprint density at radius 3 is 2.65 bits per heavy atom. The molecule has 1 heterocycles. The van der Waals surface area contributed by atoms with Crippen LogP contribution >= 0.6 is 0 Å². The van der Waals surface area contributed by atoms with Crippen molar-refractivity contribution in [3.05, 3.63) is 11.6 Å². The lowest BCUT2D eigenvalue weighted by molar-refractivity contribution is -0.152. The van der Waals surface area contributed by atoms with Gasteiger partial charge in [0.1, 0.15) is 11.9 Å². The largest absolute Gasteiger partial charge is 0.462 e. The fraction of sp³-hybridized carbons (Fsp3) is 0.862. The Morgan fingerprint density at radius 2 is 1.91 bits per heavy atom. The molecule has 0 bridgehead atoms. The highest BCUT2D eigenvalue weighted by Crippen LogP contribution is 2.67. The molecule has 0 unspecified atom stereocenters. The number of esters is 1. The maximum atomic E-state index is 12.6. The first-order chi connectivity index (χ1) is 16.2. The van der Waals surface area contributed by atoms with Crippen molar-refractivity contribution in [1.82, 2.24) is 4.90 Å². The number of hydrogen-bond acceptors (Lipinski definition) is 5. The van der Waals surface area contributed by atoms with Crippen molar-refractivity contribution in [3.63, 3.8) is 0 Å². The number of fused-ring (bicyclic) bond motifs is 5. The van der Waals surface area contributed by atoms with Crippen LogP contribution in [-0.4, -0.2) is 55.6 Å². The maximum absolute atomic E-state index is 12.6. The quantitative estimate of drug-likeness (QED) is 0.416. The summed E-state index contributed by atoms with van der Waals surface area (Å²) in [5.74, 6) is 3.19. The Kier molecular flexibility index (Phi) is 6.74. The van der Waals surface area contributed by atoms with E-state index in [4.69, 9.17) is 9.47 Å². The van der Waals surface area contributed by atoms with E-state index < -0.39 is 0 Å². The van der Waals surface area contributed by atoms with Crippen LogP contribution in [0.2, 0.25) is 0 Å². The number of carbonyl (C=O) groups excluding carboxylic acids is 2. The zero-order chi connectivity index (χ0) is 24.1. The van der Waals surface area contributed by atoms with E-state index in [1.165, 1.54) is 19.3 Å². The van der Waals surface area contributed by atoms with E-state index in [0.29, 0.717) is 35.9 Å². The molecular weight excluding hydrogens is 426 g/mol. The lowest BCUT2D eigenvalue weighted by Gasteiger charge is -2.58. The molecule has 5 rings (SSSR count). The van der Waals surface area contributed by atoms with Crippen molar-refractivity contribution in [2.75, 3.05) is 32.8 Å². The van der Waals surface area contributed by atoms with E-state index in [0.717, 1.165) is 58.5 Å². The fourth-order valence-electron chi connectivity index (χ4n) is 9.28. The third-order valence-corrected chi connectivity index (χ3v) is 10.9. The molecule has 4 fully saturated rings. The molecule has 8 atom stereocenters. The normalized spacial score (nSPS) is 44.4. The van der Waals surface area contributed by atoms with Crippen molar-refractivity contribution in [1.29, 1.82) is 0 Å². The second-order valence-corrected chi connectivity index (χ2v) is 12.7. The summed E-state index contributed by atoms with van der Waals surface area (Å²) >= 11 is 0. The zero-order valence-electron chi connectivity index (χ0n) is 21.8. The van der Waals surface area contributed by atoms with Gasteiger partial charge in [-0.15, -0.1) is 0 Å². The van der Waals surface area contributed by atoms with E-state index in [1.807, 2.05) is 6.92 Å². The molecule has 0 aromatic carbocycles. The predicted octanol–water partition coefficient (Wildman–Crippen LogP) is 5.03. The molecule has 0 spiro atoms. The number of allylic oxidation sites excluding steroid dienone is 1. The molecule has 5 heteroatoms. The Hall–Kier alpha value is -1.20. The topological polar surface area (TPSA) is 55.8 Å². The highest BCUT2D eigenvalue weighted by molar-refractivity contribution is 5.80. The third kappa shape index (κ3) is 4.19. The van der Waals surface area contributed by atoms with E-state index in [-0.39, 0.29) is 28.8 Å². The number of carbonyl (C=O) groups is 2. The lowest BCUT2D eigenvalue weighted by Crippen LogP contribution is -2.51. The first kappa shape index (κ1) is 24.5. The Morgan fingerprint density at radius 1 is 1.15 bits per heavy atom. The Bertz CT molecular complexity index is 832. The fourth-order valence-corrected chi connectivity index (χ4v) is 9.28. The number of ether oxygens (including phenoxy) is 2. The molecule has 0 N–H and O–H groups in total. The van der Waals surface area contributed by atoms with Gasteiger partial charge in [-0.25, -0.2) is 0 Å². The van der Waals surface area contributed by atoms with E-state index in [2.05, 4.69) is 31.7 Å². The van der Waals surface area contributed by atoms with Crippen LogP contribution in [0.1, 0.15) is 79.1 Å². The summed E-state index contributed by atoms with van der Waals surface area (Å²) in [4.78, 5) is 27.4. The monoisotopic (exact) mass is 471 g/mol. The van der Waals surface area contributed by atoms with Gasteiger partial charge in [0.15, 0.2) is 0 Å². The molecule has 4 aliphatic carbocycles. The summed E-state index contributed by atoms with van der Waals surface area (Å²) < 4.78 is 11.4. The molecule has 1 saturated heterocycles. The standard InChI is InChI=1S/C29H45NO4/c1-19-17-25-23-6-5-21-18-22(34-26(32)9-12-30-13-15-33-16-14-30)7-10-28(21,3)24(23)8-11-29(25,4)27(19)20(2)31/h5,19,22-25,27H,6-18H2,1-4H3/t19-,22-,23+,24-,25+,27+,28+,29+/m1/s1. The Balaban J connectivity index is 1.22. The maximum Gasteiger partial charge on any atom is 0.307 e. The van der Waals surface area contributed by atoms with Crippen LogP contribution in [0.15, 0.2) is 11.6 Å². The Labute approximate surface area is 206 Å². The first-order valence-electron chi connectivity index (χ1n) is 13.9. The van der Waals surface area contributed by atoms with Gasteiger partial charge in [-0.2, -0.15) is 0 Å². The van der Waals surface area contributed by atoms with Crippen LogP contribution in [0, 0.1) is 40.4 Å². The van der Waals surface area contributed by atoms with Gasteiger partial charge in [-0.1, -0.05) is 32.4 Å². The highest BCUT2D eigenvalue weighted by Gasteiger charge is 2.61. The smallest absolute Gasteiger partial charge is 0.307 e. The summed E-state index contributed by atoms with van der Waals surface area (Å²) in [5, 5.41) is 0. The summed E-state index contributed by atoms with van der Waals surface area (Å²) in [7, 11) is 0. The predicted molar refractivity (Wildman–Crippen MR) is 132 cm³/mol.